The Labute approximate surface area is 196 Å². The number of carbonyl (C=O) groups is 1. The second-order valence-corrected chi connectivity index (χ2v) is 9.04. The summed E-state index contributed by atoms with van der Waals surface area (Å²) in [5.74, 6) is 0.0761. The van der Waals surface area contributed by atoms with E-state index in [1.807, 2.05) is 12.1 Å². The Hall–Kier alpha value is -2.98. The highest BCUT2D eigenvalue weighted by Gasteiger charge is 2.38. The molecule has 0 atom stereocenters. The number of halogens is 1. The third-order valence-corrected chi connectivity index (χ3v) is 6.81. The van der Waals surface area contributed by atoms with Crippen molar-refractivity contribution in [2.24, 2.45) is 0 Å². The summed E-state index contributed by atoms with van der Waals surface area (Å²) >= 11 is 0. The van der Waals surface area contributed by atoms with Gasteiger partial charge in [-0.3, -0.25) is 4.79 Å². The Kier molecular flexibility index (Phi) is 7.90. The minimum Gasteiger partial charge on any atom is -0.350 e. The summed E-state index contributed by atoms with van der Waals surface area (Å²) in [6.07, 6.45) is 5.90. The number of amides is 1. The summed E-state index contributed by atoms with van der Waals surface area (Å²) in [5, 5.41) is 6.78. The summed E-state index contributed by atoms with van der Waals surface area (Å²) in [6, 6.07) is 27.5. The molecular formula is C29H33FN2O. The predicted molar refractivity (Wildman–Crippen MR) is 131 cm³/mol. The van der Waals surface area contributed by atoms with Crippen LogP contribution in [-0.2, 0) is 11.3 Å². The topological polar surface area (TPSA) is 41.1 Å². The van der Waals surface area contributed by atoms with Crippen LogP contribution in [0.1, 0.15) is 61.1 Å². The van der Waals surface area contributed by atoms with Crippen molar-refractivity contribution in [2.45, 2.75) is 56.5 Å². The van der Waals surface area contributed by atoms with Gasteiger partial charge in [-0.15, -0.1) is 0 Å². The lowest BCUT2D eigenvalue weighted by molar-refractivity contribution is -0.129. The fourth-order valence-electron chi connectivity index (χ4n) is 4.95. The molecule has 0 spiro atoms. The molecule has 3 aromatic rings. The molecular weight excluding hydrogens is 411 g/mol. The monoisotopic (exact) mass is 444 g/mol. The van der Waals surface area contributed by atoms with Gasteiger partial charge in [-0.2, -0.15) is 0 Å². The SMILES string of the molecule is O=C(NCc1ccc(F)cc1)C1(NCCC(c2ccccc2)c2ccccc2)CCCCC1. The Balaban J connectivity index is 1.43. The first kappa shape index (κ1) is 23.2. The fraction of sp³-hybridized carbons (Fsp3) is 0.345. The minimum atomic E-state index is -0.532. The van der Waals surface area contributed by atoms with E-state index in [1.54, 1.807) is 12.1 Å². The summed E-state index contributed by atoms with van der Waals surface area (Å²) in [4.78, 5) is 13.3. The van der Waals surface area contributed by atoms with E-state index in [9.17, 15) is 9.18 Å². The summed E-state index contributed by atoms with van der Waals surface area (Å²) in [7, 11) is 0. The van der Waals surface area contributed by atoms with Crippen molar-refractivity contribution in [1.82, 2.24) is 10.6 Å². The molecule has 1 aliphatic carbocycles. The third-order valence-electron chi connectivity index (χ3n) is 6.81. The van der Waals surface area contributed by atoms with Gasteiger partial charge in [0.05, 0.1) is 5.54 Å². The lowest BCUT2D eigenvalue weighted by Gasteiger charge is -2.37. The van der Waals surface area contributed by atoms with Gasteiger partial charge in [0, 0.05) is 12.5 Å². The first-order valence-electron chi connectivity index (χ1n) is 12.0. The Morgan fingerprint density at radius 3 is 1.97 bits per heavy atom. The van der Waals surface area contributed by atoms with E-state index in [4.69, 9.17) is 0 Å². The Morgan fingerprint density at radius 1 is 0.818 bits per heavy atom. The molecule has 2 N–H and O–H groups in total. The summed E-state index contributed by atoms with van der Waals surface area (Å²) < 4.78 is 13.2. The van der Waals surface area contributed by atoms with Gasteiger partial charge in [0.25, 0.3) is 0 Å². The first-order chi connectivity index (χ1) is 16.2. The van der Waals surface area contributed by atoms with Crippen LogP contribution in [0, 0.1) is 5.82 Å². The molecule has 4 rings (SSSR count). The van der Waals surface area contributed by atoms with Crippen molar-refractivity contribution in [2.75, 3.05) is 6.54 Å². The molecule has 0 unspecified atom stereocenters. The number of benzene rings is 3. The number of carbonyl (C=O) groups excluding carboxylic acids is 1. The summed E-state index contributed by atoms with van der Waals surface area (Å²) in [6.45, 7) is 1.18. The van der Waals surface area contributed by atoms with Gasteiger partial charge in [-0.1, -0.05) is 92.1 Å². The molecule has 0 heterocycles. The van der Waals surface area contributed by atoms with E-state index >= 15 is 0 Å². The van der Waals surface area contributed by atoms with Gasteiger partial charge in [-0.05, 0) is 54.6 Å². The smallest absolute Gasteiger partial charge is 0.240 e. The zero-order chi connectivity index (χ0) is 22.9. The highest BCUT2D eigenvalue weighted by molar-refractivity contribution is 5.86. The van der Waals surface area contributed by atoms with Gasteiger partial charge in [0.1, 0.15) is 5.82 Å². The van der Waals surface area contributed by atoms with Gasteiger partial charge >= 0.3 is 0 Å². The maximum atomic E-state index is 13.3. The summed E-state index contributed by atoms with van der Waals surface area (Å²) in [5.41, 5.74) is 2.97. The Bertz CT molecular complexity index is 959. The molecule has 0 aromatic heterocycles. The molecule has 3 nitrogen and oxygen atoms in total. The van der Waals surface area contributed by atoms with Crippen LogP contribution in [0.3, 0.4) is 0 Å². The van der Waals surface area contributed by atoms with E-state index in [2.05, 4.69) is 59.2 Å². The highest BCUT2D eigenvalue weighted by Crippen LogP contribution is 2.31. The number of hydrogen-bond acceptors (Lipinski definition) is 2. The molecule has 0 bridgehead atoms. The molecule has 0 aliphatic heterocycles. The molecule has 1 amide bonds. The third kappa shape index (κ3) is 6.08. The van der Waals surface area contributed by atoms with Gasteiger partial charge in [0.2, 0.25) is 5.91 Å². The first-order valence-corrected chi connectivity index (χ1v) is 12.0. The van der Waals surface area contributed by atoms with E-state index in [0.717, 1.165) is 44.2 Å². The minimum absolute atomic E-state index is 0.0579. The van der Waals surface area contributed by atoms with Crippen molar-refractivity contribution >= 4 is 5.91 Å². The van der Waals surface area contributed by atoms with Crippen LogP contribution in [0.25, 0.3) is 0 Å². The molecule has 1 fully saturated rings. The zero-order valence-electron chi connectivity index (χ0n) is 19.1. The lowest BCUT2D eigenvalue weighted by Crippen LogP contribution is -2.58. The van der Waals surface area contributed by atoms with E-state index < -0.39 is 5.54 Å². The maximum absolute atomic E-state index is 13.3. The molecule has 33 heavy (non-hydrogen) atoms. The number of nitrogens with one attached hydrogen (secondary N) is 2. The van der Waals surface area contributed by atoms with Crippen LogP contribution < -0.4 is 10.6 Å². The second-order valence-electron chi connectivity index (χ2n) is 9.04. The quantitative estimate of drug-likeness (QED) is 0.428. The van der Waals surface area contributed by atoms with Gasteiger partial charge in [-0.25, -0.2) is 4.39 Å². The molecule has 1 saturated carbocycles. The number of hydrogen-bond donors (Lipinski definition) is 2. The van der Waals surface area contributed by atoms with Gasteiger partial charge in [0.15, 0.2) is 0 Å². The fourth-order valence-corrected chi connectivity index (χ4v) is 4.95. The zero-order valence-corrected chi connectivity index (χ0v) is 19.1. The predicted octanol–water partition coefficient (Wildman–Crippen LogP) is 5.96. The van der Waals surface area contributed by atoms with Crippen LogP contribution in [0.5, 0.6) is 0 Å². The average molecular weight is 445 g/mol. The van der Waals surface area contributed by atoms with Crippen LogP contribution in [0.15, 0.2) is 84.9 Å². The molecule has 3 aromatic carbocycles. The maximum Gasteiger partial charge on any atom is 0.240 e. The van der Waals surface area contributed by atoms with Crippen molar-refractivity contribution in [1.29, 1.82) is 0 Å². The highest BCUT2D eigenvalue weighted by atomic mass is 19.1. The van der Waals surface area contributed by atoms with Crippen LogP contribution in [-0.4, -0.2) is 18.0 Å². The average Bonchev–Trinajstić information content (AvgIpc) is 2.88. The molecule has 0 saturated heterocycles. The van der Waals surface area contributed by atoms with Gasteiger partial charge < -0.3 is 10.6 Å². The lowest BCUT2D eigenvalue weighted by atomic mass is 9.80. The van der Waals surface area contributed by atoms with Crippen molar-refractivity contribution in [3.05, 3.63) is 107 Å². The molecule has 1 aliphatic rings. The van der Waals surface area contributed by atoms with E-state index in [-0.39, 0.29) is 17.6 Å². The number of rotatable bonds is 9. The van der Waals surface area contributed by atoms with Crippen LogP contribution in [0.4, 0.5) is 4.39 Å². The largest absolute Gasteiger partial charge is 0.350 e. The van der Waals surface area contributed by atoms with E-state index in [0.29, 0.717) is 6.54 Å². The molecule has 4 heteroatoms. The van der Waals surface area contributed by atoms with Crippen molar-refractivity contribution < 1.29 is 9.18 Å². The van der Waals surface area contributed by atoms with Crippen LogP contribution in [0.2, 0.25) is 0 Å². The van der Waals surface area contributed by atoms with E-state index in [1.165, 1.54) is 29.7 Å². The van der Waals surface area contributed by atoms with Crippen molar-refractivity contribution in [3.63, 3.8) is 0 Å². The molecule has 172 valence electrons. The van der Waals surface area contributed by atoms with Crippen molar-refractivity contribution in [3.8, 4) is 0 Å². The standard InChI is InChI=1S/C29H33FN2O/c30-26-16-14-23(15-17-26)22-31-28(33)29(19-8-3-9-20-29)32-21-18-27(24-10-4-1-5-11-24)25-12-6-2-7-13-25/h1-2,4-7,10-17,27,32H,3,8-9,18-22H2,(H,31,33). The van der Waals surface area contributed by atoms with Crippen LogP contribution >= 0.6 is 0 Å². The molecule has 0 radical (unpaired) electrons. The second kappa shape index (κ2) is 11.2. The normalized spacial score (nSPS) is 15.3. The Morgan fingerprint density at radius 2 is 1.39 bits per heavy atom.